The minimum atomic E-state index is -2.13. The minimum absolute atomic E-state index is 0.0240. The molecule has 0 radical (unpaired) electrons. The molecule has 43 heavy (non-hydrogen) atoms. The molecule has 0 bridgehead atoms. The van der Waals surface area contributed by atoms with Crippen molar-refractivity contribution in [2.24, 2.45) is 5.92 Å². The summed E-state index contributed by atoms with van der Waals surface area (Å²) in [6.45, 7) is 12.1. The summed E-state index contributed by atoms with van der Waals surface area (Å²) in [5.41, 5.74) is 1.47. The van der Waals surface area contributed by atoms with Crippen LogP contribution >= 0.6 is 11.6 Å². The van der Waals surface area contributed by atoms with Crippen molar-refractivity contribution in [3.8, 4) is 11.3 Å². The zero-order valence-electron chi connectivity index (χ0n) is 24.9. The summed E-state index contributed by atoms with van der Waals surface area (Å²) in [6, 6.07) is 7.46. The molecule has 0 atom stereocenters. The van der Waals surface area contributed by atoms with Crippen LogP contribution in [0.5, 0.6) is 0 Å². The highest BCUT2D eigenvalue weighted by atomic mass is 35.5. The summed E-state index contributed by atoms with van der Waals surface area (Å²) in [7, 11) is -2.13. The van der Waals surface area contributed by atoms with Crippen molar-refractivity contribution in [2.75, 3.05) is 30.3 Å². The van der Waals surface area contributed by atoms with Gasteiger partial charge in [-0.1, -0.05) is 32.4 Å². The second-order valence-corrected chi connectivity index (χ2v) is 17.4. The second kappa shape index (κ2) is 13.4. The van der Waals surface area contributed by atoms with Gasteiger partial charge in [-0.05, 0) is 68.3 Å². The molecule has 1 fully saturated rings. The van der Waals surface area contributed by atoms with Crippen LogP contribution in [-0.4, -0.2) is 70.0 Å². The molecular formula is C29H37ClFN7O4Si. The maximum absolute atomic E-state index is 14.7. The number of aliphatic carboxylic acids is 1. The van der Waals surface area contributed by atoms with Crippen LogP contribution < -0.4 is 10.6 Å². The lowest BCUT2D eigenvalue weighted by Crippen LogP contribution is -2.40. The van der Waals surface area contributed by atoms with Crippen LogP contribution in [0.15, 0.2) is 36.7 Å². The van der Waals surface area contributed by atoms with Gasteiger partial charge in [0, 0.05) is 16.7 Å². The normalized spacial score (nSPS) is 14.9. The third-order valence-electron chi connectivity index (χ3n) is 7.95. The predicted octanol–water partition coefficient (Wildman–Crippen LogP) is 5.73. The first-order chi connectivity index (χ1) is 20.2. The molecule has 11 nitrogen and oxygen atoms in total. The lowest BCUT2D eigenvalue weighted by Gasteiger charge is -2.36. The Morgan fingerprint density at radius 1 is 1.12 bits per heavy atom. The molecule has 4 rings (SSSR count). The van der Waals surface area contributed by atoms with Gasteiger partial charge in [0.15, 0.2) is 8.32 Å². The highest BCUT2D eigenvalue weighted by molar-refractivity contribution is 6.74. The van der Waals surface area contributed by atoms with Gasteiger partial charge in [-0.3, -0.25) is 14.5 Å². The van der Waals surface area contributed by atoms with E-state index in [0.717, 1.165) is 0 Å². The van der Waals surface area contributed by atoms with E-state index in [1.807, 2.05) is 4.90 Å². The molecule has 1 aliphatic rings. The number of benzene rings is 1. The number of halogens is 2. The predicted molar refractivity (Wildman–Crippen MR) is 165 cm³/mol. The van der Waals surface area contributed by atoms with Crippen LogP contribution in [0.1, 0.15) is 39.3 Å². The van der Waals surface area contributed by atoms with Gasteiger partial charge in [-0.2, -0.15) is 5.10 Å². The largest absolute Gasteiger partial charge is 0.481 e. The zero-order chi connectivity index (χ0) is 31.4. The quantitative estimate of drug-likeness (QED) is 0.238. The van der Waals surface area contributed by atoms with Gasteiger partial charge in [-0.15, -0.1) is 5.10 Å². The highest BCUT2D eigenvalue weighted by Crippen LogP contribution is 2.37. The second-order valence-electron chi connectivity index (χ2n) is 12.1. The number of carboxylic acid groups (broad SMARTS) is 1. The molecule has 3 heterocycles. The third kappa shape index (κ3) is 8.53. The van der Waals surface area contributed by atoms with Crippen LogP contribution in [0.25, 0.3) is 11.3 Å². The Morgan fingerprint density at radius 2 is 1.81 bits per heavy atom. The van der Waals surface area contributed by atoms with Crippen LogP contribution in [0, 0.1) is 11.7 Å². The number of nitrogens with one attached hydrogen (secondary N) is 2. The zero-order valence-corrected chi connectivity index (χ0v) is 26.7. The van der Waals surface area contributed by atoms with Crippen molar-refractivity contribution in [1.29, 1.82) is 0 Å². The van der Waals surface area contributed by atoms with E-state index in [0.29, 0.717) is 48.2 Å². The molecule has 230 valence electrons. The standard InChI is InChI=1S/C29H37ClFN7O4Si/c1-29(2,3)43(4,5)42-16-24-23(13-22(36-37-24)20-12-19(30)6-7-21(20)31)34-25-14-26(33-17-32-25)35-27(39)15-38-10-8-18(9-11-38)28(40)41/h6-7,12-14,17-18H,8-11,15-16H2,1-5H3,(H,40,41)(H2,32,33,34,35,36,39). The van der Waals surface area contributed by atoms with E-state index in [1.54, 1.807) is 12.1 Å². The Kier molecular flexibility index (Phi) is 10.1. The molecule has 2 aromatic heterocycles. The van der Waals surface area contributed by atoms with E-state index in [4.69, 9.17) is 16.0 Å². The van der Waals surface area contributed by atoms with Crippen molar-refractivity contribution in [3.63, 3.8) is 0 Å². The van der Waals surface area contributed by atoms with Crippen molar-refractivity contribution < 1.29 is 23.5 Å². The van der Waals surface area contributed by atoms with Gasteiger partial charge in [0.25, 0.3) is 0 Å². The van der Waals surface area contributed by atoms with Crippen molar-refractivity contribution in [3.05, 3.63) is 53.2 Å². The first kappa shape index (κ1) is 32.4. The van der Waals surface area contributed by atoms with Gasteiger partial charge in [0.05, 0.1) is 30.5 Å². The van der Waals surface area contributed by atoms with Gasteiger partial charge >= 0.3 is 5.97 Å². The Hall–Kier alpha value is -3.52. The molecular weight excluding hydrogens is 593 g/mol. The number of hydrogen-bond donors (Lipinski definition) is 3. The monoisotopic (exact) mass is 629 g/mol. The molecule has 1 aliphatic heterocycles. The number of carboxylic acids is 1. The fourth-order valence-electron chi connectivity index (χ4n) is 4.28. The fourth-order valence-corrected chi connectivity index (χ4v) is 5.38. The molecule has 14 heteroatoms. The third-order valence-corrected chi connectivity index (χ3v) is 12.7. The number of carbonyl (C=O) groups excluding carboxylic acids is 1. The average Bonchev–Trinajstić information content (AvgIpc) is 2.93. The van der Waals surface area contributed by atoms with E-state index in [-0.39, 0.29) is 47.1 Å². The Morgan fingerprint density at radius 3 is 2.49 bits per heavy atom. The molecule has 1 amide bonds. The number of aromatic nitrogens is 4. The van der Waals surface area contributed by atoms with Gasteiger partial charge in [-0.25, -0.2) is 14.4 Å². The Labute approximate surface area is 256 Å². The summed E-state index contributed by atoms with van der Waals surface area (Å²) < 4.78 is 21.1. The van der Waals surface area contributed by atoms with Gasteiger partial charge in [0.1, 0.15) is 29.5 Å². The molecule has 3 aromatic rings. The van der Waals surface area contributed by atoms with Crippen molar-refractivity contribution >= 4 is 49.1 Å². The first-order valence-electron chi connectivity index (χ1n) is 14.0. The maximum Gasteiger partial charge on any atom is 0.306 e. The lowest BCUT2D eigenvalue weighted by atomic mass is 9.97. The van der Waals surface area contributed by atoms with Crippen LogP contribution in [0.4, 0.5) is 21.7 Å². The fraction of sp³-hybridized carbons (Fsp3) is 0.448. The number of piperidine rings is 1. The molecule has 1 saturated heterocycles. The number of nitrogens with zero attached hydrogens (tertiary/aromatic N) is 5. The smallest absolute Gasteiger partial charge is 0.306 e. The number of anilines is 3. The lowest BCUT2D eigenvalue weighted by molar-refractivity contribution is -0.143. The molecule has 3 N–H and O–H groups in total. The maximum atomic E-state index is 14.7. The average molecular weight is 630 g/mol. The van der Waals surface area contributed by atoms with Gasteiger partial charge in [0.2, 0.25) is 5.91 Å². The van der Waals surface area contributed by atoms with Gasteiger partial charge < -0.3 is 20.2 Å². The molecule has 0 unspecified atom stereocenters. The summed E-state index contributed by atoms with van der Waals surface area (Å²) in [5.74, 6) is -1.28. The van der Waals surface area contributed by atoms with E-state index in [1.165, 1.54) is 24.5 Å². The molecule has 1 aromatic carbocycles. The summed E-state index contributed by atoms with van der Waals surface area (Å²) >= 11 is 6.13. The van der Waals surface area contributed by atoms with E-state index in [2.05, 4.69) is 64.7 Å². The summed E-state index contributed by atoms with van der Waals surface area (Å²) in [5, 5.41) is 24.2. The SMILES string of the molecule is CC(C)(C)[Si](C)(C)OCc1nnc(-c2cc(Cl)ccc2F)cc1Nc1cc(NC(=O)CN2CCC(C(=O)O)CC2)ncn1. The van der Waals surface area contributed by atoms with Crippen LogP contribution in [0.2, 0.25) is 23.2 Å². The summed E-state index contributed by atoms with van der Waals surface area (Å²) in [6.07, 6.45) is 2.33. The summed E-state index contributed by atoms with van der Waals surface area (Å²) in [4.78, 5) is 34.3. The number of carbonyl (C=O) groups is 2. The minimum Gasteiger partial charge on any atom is -0.481 e. The van der Waals surface area contributed by atoms with Crippen molar-refractivity contribution in [2.45, 2.75) is 58.4 Å². The highest BCUT2D eigenvalue weighted by Gasteiger charge is 2.37. The number of rotatable bonds is 10. The molecule has 0 spiro atoms. The number of hydrogen-bond acceptors (Lipinski definition) is 9. The Bertz CT molecular complexity index is 1480. The Balaban J connectivity index is 1.53. The molecule has 0 aliphatic carbocycles. The first-order valence-corrected chi connectivity index (χ1v) is 17.3. The van der Waals surface area contributed by atoms with E-state index in [9.17, 15) is 19.1 Å². The van der Waals surface area contributed by atoms with Crippen LogP contribution in [-0.2, 0) is 20.6 Å². The molecule has 0 saturated carbocycles. The van der Waals surface area contributed by atoms with Crippen molar-refractivity contribution in [1.82, 2.24) is 25.1 Å². The van der Waals surface area contributed by atoms with E-state index >= 15 is 0 Å². The number of amides is 1. The van der Waals surface area contributed by atoms with Crippen LogP contribution in [0.3, 0.4) is 0 Å². The van der Waals surface area contributed by atoms with E-state index < -0.39 is 20.1 Å². The topological polar surface area (TPSA) is 142 Å². The number of likely N-dealkylation sites (tertiary alicyclic amines) is 1.